The molecule has 2 aromatic carbocycles. The molecule has 11 heteroatoms. The van der Waals surface area contributed by atoms with Gasteiger partial charge in [0.1, 0.15) is 12.4 Å². The third-order valence-electron chi connectivity index (χ3n) is 4.00. The number of hydrogen-bond donors (Lipinski definition) is 1. The summed E-state index contributed by atoms with van der Waals surface area (Å²) < 4.78 is 41.6. The van der Waals surface area contributed by atoms with Gasteiger partial charge in [0.25, 0.3) is 10.0 Å². The van der Waals surface area contributed by atoms with Crippen LogP contribution in [0.1, 0.15) is 19.4 Å². The van der Waals surface area contributed by atoms with Gasteiger partial charge in [0, 0.05) is 5.25 Å². The number of nitrogens with zero attached hydrogens (tertiary/aromatic N) is 3. The lowest BCUT2D eigenvalue weighted by Crippen LogP contribution is -2.38. The van der Waals surface area contributed by atoms with Gasteiger partial charge in [-0.2, -0.15) is 0 Å². The molecule has 3 rings (SSSR count). The molecule has 3 aromatic rings. The van der Waals surface area contributed by atoms with Crippen LogP contribution in [0.4, 0.5) is 15.2 Å². The monoisotopic (exact) mass is 480 g/mol. The van der Waals surface area contributed by atoms with Crippen LogP contribution in [0.3, 0.4) is 0 Å². The van der Waals surface area contributed by atoms with Crippen molar-refractivity contribution in [3.05, 3.63) is 59.9 Å². The van der Waals surface area contributed by atoms with Crippen LogP contribution < -0.4 is 9.62 Å². The van der Waals surface area contributed by atoms with E-state index in [9.17, 15) is 17.6 Å². The van der Waals surface area contributed by atoms with Crippen LogP contribution in [0.25, 0.3) is 0 Å². The Kier molecular flexibility index (Phi) is 7.29. The summed E-state index contributed by atoms with van der Waals surface area (Å²) in [7, 11) is -4.07. The lowest BCUT2D eigenvalue weighted by molar-refractivity contribution is -0.114. The molecule has 0 aliphatic rings. The van der Waals surface area contributed by atoms with Crippen LogP contribution in [0.5, 0.6) is 0 Å². The number of anilines is 2. The van der Waals surface area contributed by atoms with Crippen molar-refractivity contribution in [1.29, 1.82) is 0 Å². The van der Waals surface area contributed by atoms with E-state index in [4.69, 9.17) is 0 Å². The summed E-state index contributed by atoms with van der Waals surface area (Å²) in [6.45, 7) is 5.37. The average Bonchev–Trinajstić information content (AvgIpc) is 3.13. The molecule has 1 aromatic heterocycles. The molecule has 0 spiro atoms. The zero-order valence-corrected chi connectivity index (χ0v) is 19.5. The van der Waals surface area contributed by atoms with Crippen molar-refractivity contribution >= 4 is 49.8 Å². The molecule has 0 aliphatic heterocycles. The number of sulfonamides is 1. The number of amides is 1. The molecule has 31 heavy (non-hydrogen) atoms. The fourth-order valence-corrected chi connectivity index (χ4v) is 5.97. The maximum Gasteiger partial charge on any atom is 0.264 e. The minimum absolute atomic E-state index is 0.0294. The first-order valence-corrected chi connectivity index (χ1v) is 12.4. The first kappa shape index (κ1) is 23.2. The van der Waals surface area contributed by atoms with Crippen LogP contribution in [-0.4, -0.2) is 36.3 Å². The molecule has 1 heterocycles. The molecular formula is C20H21FN4O3S3. The topological polar surface area (TPSA) is 92.3 Å². The highest BCUT2D eigenvalue weighted by atomic mass is 32.2. The number of carbonyl (C=O) groups excluding carboxylic acids is 1. The summed E-state index contributed by atoms with van der Waals surface area (Å²) >= 11 is 2.72. The van der Waals surface area contributed by atoms with Crippen LogP contribution in [0.2, 0.25) is 0 Å². The maximum absolute atomic E-state index is 13.4. The Balaban J connectivity index is 1.86. The van der Waals surface area contributed by atoms with E-state index >= 15 is 0 Å². The van der Waals surface area contributed by atoms with E-state index in [1.807, 2.05) is 20.8 Å². The normalized spacial score (nSPS) is 11.5. The fraction of sp³-hybridized carbons (Fsp3) is 0.250. The second-order valence-electron chi connectivity index (χ2n) is 6.89. The lowest BCUT2D eigenvalue weighted by Gasteiger charge is -2.24. The summed E-state index contributed by atoms with van der Waals surface area (Å²) in [5, 5.41) is 11.1. The number of halogens is 1. The van der Waals surface area contributed by atoms with Gasteiger partial charge in [-0.05, 0) is 43.3 Å². The van der Waals surface area contributed by atoms with Gasteiger partial charge in [-0.1, -0.05) is 54.6 Å². The number of aryl methyl sites for hydroxylation is 1. The Hall–Kier alpha value is -2.50. The molecule has 1 amide bonds. The van der Waals surface area contributed by atoms with E-state index in [1.54, 1.807) is 12.1 Å². The predicted molar refractivity (Wildman–Crippen MR) is 122 cm³/mol. The summed E-state index contributed by atoms with van der Waals surface area (Å²) in [6.07, 6.45) is 0. The highest BCUT2D eigenvalue weighted by Gasteiger charge is 2.27. The van der Waals surface area contributed by atoms with Gasteiger partial charge >= 0.3 is 0 Å². The molecule has 7 nitrogen and oxygen atoms in total. The smallest absolute Gasteiger partial charge is 0.264 e. The molecular weight excluding hydrogens is 459 g/mol. The second kappa shape index (κ2) is 9.75. The molecule has 0 saturated carbocycles. The lowest BCUT2D eigenvalue weighted by atomic mass is 10.2. The van der Waals surface area contributed by atoms with E-state index in [0.717, 1.165) is 22.0 Å². The first-order chi connectivity index (χ1) is 14.6. The Morgan fingerprint density at radius 3 is 2.39 bits per heavy atom. The number of thioether (sulfide) groups is 1. The SMILES string of the molecule is Cc1ccc(S(=O)(=O)N(CC(=O)Nc2nnc(SC(C)C)s2)c2ccc(F)cc2)cc1. The van der Waals surface area contributed by atoms with Crippen LogP contribution in [0, 0.1) is 12.7 Å². The second-order valence-corrected chi connectivity index (χ2v) is 11.6. The van der Waals surface area contributed by atoms with Gasteiger partial charge in [-0.15, -0.1) is 10.2 Å². The van der Waals surface area contributed by atoms with Gasteiger partial charge in [0.05, 0.1) is 10.6 Å². The third-order valence-corrected chi connectivity index (χ3v) is 7.71. The Morgan fingerprint density at radius 1 is 1.13 bits per heavy atom. The van der Waals surface area contributed by atoms with E-state index in [2.05, 4.69) is 15.5 Å². The molecule has 0 bridgehead atoms. The van der Waals surface area contributed by atoms with E-state index in [-0.39, 0.29) is 15.7 Å². The van der Waals surface area contributed by atoms with Gasteiger partial charge in [0.2, 0.25) is 11.0 Å². The zero-order valence-electron chi connectivity index (χ0n) is 17.1. The average molecular weight is 481 g/mol. The number of rotatable bonds is 8. The summed E-state index contributed by atoms with van der Waals surface area (Å²) in [5.74, 6) is -1.10. The molecule has 0 unspecified atom stereocenters. The minimum Gasteiger partial charge on any atom is -0.299 e. The number of nitrogens with one attached hydrogen (secondary N) is 1. The van der Waals surface area contributed by atoms with Crippen molar-refractivity contribution < 1.29 is 17.6 Å². The quantitative estimate of drug-likeness (QED) is 0.381. The summed E-state index contributed by atoms with van der Waals surface area (Å²) in [6, 6.07) is 11.2. The van der Waals surface area contributed by atoms with Gasteiger partial charge in [-0.25, -0.2) is 12.8 Å². The predicted octanol–water partition coefficient (Wildman–Crippen LogP) is 4.32. The molecule has 164 valence electrons. The third kappa shape index (κ3) is 6.02. The largest absolute Gasteiger partial charge is 0.299 e. The molecule has 0 fully saturated rings. The molecule has 0 aliphatic carbocycles. The van der Waals surface area contributed by atoms with Crippen LogP contribution in [-0.2, 0) is 14.8 Å². The molecule has 0 radical (unpaired) electrons. The van der Waals surface area contributed by atoms with Gasteiger partial charge < -0.3 is 0 Å². The summed E-state index contributed by atoms with van der Waals surface area (Å²) in [4.78, 5) is 12.7. The minimum atomic E-state index is -4.07. The van der Waals surface area contributed by atoms with Crippen molar-refractivity contribution in [3.63, 3.8) is 0 Å². The highest BCUT2D eigenvalue weighted by molar-refractivity contribution is 8.01. The first-order valence-electron chi connectivity index (χ1n) is 9.30. The fourth-order valence-electron chi connectivity index (χ4n) is 2.56. The van der Waals surface area contributed by atoms with Crippen LogP contribution >= 0.6 is 23.1 Å². The van der Waals surface area contributed by atoms with Crippen LogP contribution in [0.15, 0.2) is 57.8 Å². The van der Waals surface area contributed by atoms with Crippen molar-refractivity contribution in [2.24, 2.45) is 0 Å². The van der Waals surface area contributed by atoms with Gasteiger partial charge in [0.15, 0.2) is 4.34 Å². The molecule has 1 N–H and O–H groups in total. The van der Waals surface area contributed by atoms with Crippen molar-refractivity contribution in [2.75, 3.05) is 16.2 Å². The highest BCUT2D eigenvalue weighted by Crippen LogP contribution is 2.29. The number of aromatic nitrogens is 2. The molecule has 0 atom stereocenters. The standard InChI is InChI=1S/C20H21FN4O3S3/c1-13(2)29-20-24-23-19(30-20)22-18(26)12-25(16-8-6-15(21)7-9-16)31(27,28)17-10-4-14(3)5-11-17/h4-11,13H,12H2,1-3H3,(H,22,23,26). The van der Waals surface area contributed by atoms with Gasteiger partial charge in [-0.3, -0.25) is 14.4 Å². The van der Waals surface area contributed by atoms with E-state index < -0.39 is 28.3 Å². The molecule has 0 saturated heterocycles. The van der Waals surface area contributed by atoms with E-state index in [0.29, 0.717) is 9.59 Å². The van der Waals surface area contributed by atoms with Crippen molar-refractivity contribution in [3.8, 4) is 0 Å². The van der Waals surface area contributed by atoms with E-state index in [1.165, 1.54) is 47.4 Å². The zero-order chi connectivity index (χ0) is 22.6. The van der Waals surface area contributed by atoms with Crippen molar-refractivity contribution in [2.45, 2.75) is 35.3 Å². The number of carbonyl (C=O) groups is 1. The Labute approximate surface area is 188 Å². The number of hydrogen-bond acceptors (Lipinski definition) is 7. The Morgan fingerprint density at radius 2 is 1.77 bits per heavy atom. The maximum atomic E-state index is 13.4. The Bertz CT molecular complexity index is 1150. The summed E-state index contributed by atoms with van der Waals surface area (Å²) in [5.41, 5.74) is 1.07. The van der Waals surface area contributed by atoms with Crippen molar-refractivity contribution in [1.82, 2.24) is 10.2 Å². The number of benzene rings is 2.